The molecule has 0 amide bonds. The minimum absolute atomic E-state index is 0.00981. The highest BCUT2D eigenvalue weighted by Crippen LogP contribution is 2.89. The van der Waals surface area contributed by atoms with E-state index in [4.69, 9.17) is 9.29 Å². The molecule has 2 N–H and O–H groups in total. The van der Waals surface area contributed by atoms with Crippen LogP contribution < -0.4 is 0 Å². The zero-order valence-electron chi connectivity index (χ0n) is 11.5. The van der Waals surface area contributed by atoms with Gasteiger partial charge < -0.3 is 9.84 Å². The summed E-state index contributed by atoms with van der Waals surface area (Å²) in [5.74, 6) is 1.33. The van der Waals surface area contributed by atoms with Crippen molar-refractivity contribution in [1.29, 1.82) is 0 Å². The van der Waals surface area contributed by atoms with Crippen molar-refractivity contribution in [3.8, 4) is 0 Å². The van der Waals surface area contributed by atoms with E-state index in [0.717, 1.165) is 12.8 Å². The molecule has 0 bridgehead atoms. The molecule has 21 heavy (non-hydrogen) atoms. The third-order valence-corrected chi connectivity index (χ3v) is 7.47. The molecule has 120 valence electrons. The molecule has 7 unspecified atom stereocenters. The lowest BCUT2D eigenvalue weighted by molar-refractivity contribution is -0.208. The molecule has 5 nitrogen and oxygen atoms in total. The quantitative estimate of drug-likeness (QED) is 0.741. The van der Waals surface area contributed by atoms with E-state index in [9.17, 15) is 22.3 Å². The normalized spacial score (nSPS) is 53.5. The Balaban J connectivity index is 1.38. The molecule has 7 atom stereocenters. The fourth-order valence-electron chi connectivity index (χ4n) is 5.74. The maximum atomic E-state index is 13.1. The first-order valence-electron chi connectivity index (χ1n) is 7.17. The summed E-state index contributed by atoms with van der Waals surface area (Å²) in [6.45, 7) is 0.491. The van der Waals surface area contributed by atoms with E-state index in [1.165, 1.54) is 0 Å². The van der Waals surface area contributed by atoms with Crippen LogP contribution in [0.3, 0.4) is 0 Å². The molecular formula is C13H18F2O5S. The van der Waals surface area contributed by atoms with Gasteiger partial charge in [-0.3, -0.25) is 4.55 Å². The lowest BCUT2D eigenvalue weighted by atomic mass is 9.42. The Bertz CT molecular complexity index is 604. The van der Waals surface area contributed by atoms with Gasteiger partial charge >= 0.3 is 15.4 Å². The number of hydrogen-bond donors (Lipinski definition) is 2. The highest BCUT2D eigenvalue weighted by molar-refractivity contribution is 7.86. The highest BCUT2D eigenvalue weighted by Gasteiger charge is 2.87. The predicted octanol–water partition coefficient (Wildman–Crippen LogP) is 1.14. The average Bonchev–Trinajstić information content (AvgIpc) is 3.02. The standard InChI is InChI=1S/C13H18F2O5S/c1-11(16)8-3-12(8)2-6-7(9(11)10(6)12)4-20-5-13(14,15)21(17,18)19/h6-10,16H,2-5H2,1H3,(H,17,18,19). The molecule has 4 saturated carbocycles. The van der Waals surface area contributed by atoms with Gasteiger partial charge in [0.1, 0.15) is 6.61 Å². The summed E-state index contributed by atoms with van der Waals surface area (Å²) >= 11 is 0. The van der Waals surface area contributed by atoms with E-state index in [0.29, 0.717) is 23.2 Å². The van der Waals surface area contributed by atoms with Gasteiger partial charge in [0.2, 0.25) is 0 Å². The average molecular weight is 324 g/mol. The molecule has 0 aromatic heterocycles. The van der Waals surface area contributed by atoms with Crippen molar-refractivity contribution in [3.63, 3.8) is 0 Å². The molecule has 0 aromatic rings. The van der Waals surface area contributed by atoms with Gasteiger partial charge in [0, 0.05) is 0 Å². The predicted molar refractivity (Wildman–Crippen MR) is 67.1 cm³/mol. The van der Waals surface area contributed by atoms with Crippen LogP contribution in [0, 0.1) is 35.0 Å². The Morgan fingerprint density at radius 3 is 2.62 bits per heavy atom. The van der Waals surface area contributed by atoms with Crippen LogP contribution in [0.25, 0.3) is 0 Å². The summed E-state index contributed by atoms with van der Waals surface area (Å²) in [5, 5.41) is 6.33. The van der Waals surface area contributed by atoms with Gasteiger partial charge in [-0.05, 0) is 54.8 Å². The molecule has 0 aliphatic heterocycles. The number of hydrogen-bond acceptors (Lipinski definition) is 4. The summed E-state index contributed by atoms with van der Waals surface area (Å²) in [4.78, 5) is 0. The second kappa shape index (κ2) is 3.60. The maximum Gasteiger partial charge on any atom is 0.392 e. The lowest BCUT2D eigenvalue weighted by Gasteiger charge is -2.63. The van der Waals surface area contributed by atoms with Crippen molar-refractivity contribution in [1.82, 2.24) is 0 Å². The molecule has 1 spiro atoms. The van der Waals surface area contributed by atoms with Crippen molar-refractivity contribution in [3.05, 3.63) is 0 Å². The fraction of sp³-hybridized carbons (Fsp3) is 1.00. The largest absolute Gasteiger partial charge is 0.392 e. The number of halogens is 2. The minimum Gasteiger partial charge on any atom is -0.390 e. The lowest BCUT2D eigenvalue weighted by Crippen LogP contribution is -2.62. The molecule has 0 saturated heterocycles. The monoisotopic (exact) mass is 324 g/mol. The van der Waals surface area contributed by atoms with Crippen LogP contribution >= 0.6 is 0 Å². The zero-order valence-corrected chi connectivity index (χ0v) is 12.3. The molecule has 0 radical (unpaired) electrons. The number of ether oxygens (including phenoxy) is 1. The van der Waals surface area contributed by atoms with E-state index in [2.05, 4.69) is 0 Å². The number of aliphatic hydroxyl groups is 1. The summed E-state index contributed by atoms with van der Waals surface area (Å²) < 4.78 is 60.5. The topological polar surface area (TPSA) is 83.8 Å². The van der Waals surface area contributed by atoms with Gasteiger partial charge in [-0.25, -0.2) is 0 Å². The van der Waals surface area contributed by atoms with Crippen LogP contribution in [0.5, 0.6) is 0 Å². The number of alkyl halides is 2. The Kier molecular flexibility index (Phi) is 2.45. The second-order valence-corrected chi connectivity index (χ2v) is 8.97. The first kappa shape index (κ1) is 14.3. The van der Waals surface area contributed by atoms with Crippen molar-refractivity contribution in [2.75, 3.05) is 13.2 Å². The Labute approximate surface area is 121 Å². The summed E-state index contributed by atoms with van der Waals surface area (Å²) in [7, 11) is -5.44. The molecule has 8 heteroatoms. The van der Waals surface area contributed by atoms with Crippen molar-refractivity contribution in [2.24, 2.45) is 35.0 Å². The second-order valence-electron chi connectivity index (χ2n) is 7.43. The van der Waals surface area contributed by atoms with Gasteiger partial charge in [-0.1, -0.05) is 0 Å². The van der Waals surface area contributed by atoms with Gasteiger partial charge in [0.15, 0.2) is 0 Å². The molecule has 4 fully saturated rings. The summed E-state index contributed by atoms with van der Waals surface area (Å²) in [5.41, 5.74) is -0.440. The summed E-state index contributed by atoms with van der Waals surface area (Å²) in [6, 6.07) is 0. The molecule has 4 aliphatic rings. The van der Waals surface area contributed by atoms with Crippen LogP contribution in [-0.2, 0) is 14.9 Å². The first-order chi connectivity index (χ1) is 9.52. The van der Waals surface area contributed by atoms with Crippen molar-refractivity contribution < 1.29 is 31.6 Å². The van der Waals surface area contributed by atoms with E-state index in [1.54, 1.807) is 0 Å². The maximum absolute atomic E-state index is 13.1. The van der Waals surface area contributed by atoms with E-state index < -0.39 is 27.6 Å². The molecule has 4 rings (SSSR count). The van der Waals surface area contributed by atoms with Crippen LogP contribution in [0.15, 0.2) is 0 Å². The third-order valence-electron chi connectivity index (χ3n) is 6.60. The van der Waals surface area contributed by atoms with Gasteiger partial charge in [0.05, 0.1) is 12.2 Å². The van der Waals surface area contributed by atoms with E-state index in [1.807, 2.05) is 6.92 Å². The summed E-state index contributed by atoms with van der Waals surface area (Å²) in [6.07, 6.45) is 2.10. The van der Waals surface area contributed by atoms with Gasteiger partial charge in [0.25, 0.3) is 0 Å². The van der Waals surface area contributed by atoms with Crippen LogP contribution in [0.1, 0.15) is 19.8 Å². The molecule has 0 heterocycles. The van der Waals surface area contributed by atoms with E-state index in [-0.39, 0.29) is 18.4 Å². The van der Waals surface area contributed by atoms with Crippen LogP contribution in [0.2, 0.25) is 0 Å². The number of rotatable bonds is 5. The van der Waals surface area contributed by atoms with Crippen LogP contribution in [0.4, 0.5) is 8.78 Å². The molecule has 4 aliphatic carbocycles. The minimum atomic E-state index is -5.44. The van der Waals surface area contributed by atoms with Crippen molar-refractivity contribution in [2.45, 2.75) is 30.6 Å². The SMILES string of the molecule is CC1(O)C2C(COCC(F)(F)S(=O)(=O)O)C3CC4(CC14)C32. The van der Waals surface area contributed by atoms with E-state index >= 15 is 0 Å². The fourth-order valence-corrected chi connectivity index (χ4v) is 5.98. The van der Waals surface area contributed by atoms with Gasteiger partial charge in [-0.2, -0.15) is 17.2 Å². The Morgan fingerprint density at radius 1 is 1.33 bits per heavy atom. The smallest absolute Gasteiger partial charge is 0.390 e. The Hall–Kier alpha value is -0.310. The highest BCUT2D eigenvalue weighted by atomic mass is 32.2. The van der Waals surface area contributed by atoms with Gasteiger partial charge in [-0.15, -0.1) is 0 Å². The zero-order chi connectivity index (χ0) is 15.4. The molecule has 0 aromatic carbocycles. The third kappa shape index (κ3) is 1.52. The van der Waals surface area contributed by atoms with Crippen LogP contribution in [-0.4, -0.2) is 42.1 Å². The Morgan fingerprint density at radius 2 is 2.00 bits per heavy atom. The van der Waals surface area contributed by atoms with Crippen molar-refractivity contribution >= 4 is 10.1 Å². The molecular weight excluding hydrogens is 306 g/mol. The first-order valence-corrected chi connectivity index (χ1v) is 8.61.